The van der Waals surface area contributed by atoms with Gasteiger partial charge in [-0.15, -0.1) is 0 Å². The molecule has 5 heteroatoms. The zero-order chi connectivity index (χ0) is 6.91. The second-order valence-corrected chi connectivity index (χ2v) is 2.38. The van der Waals surface area contributed by atoms with Crippen LogP contribution in [0.3, 0.4) is 0 Å². The van der Waals surface area contributed by atoms with E-state index in [1.54, 1.807) is 0 Å². The first-order chi connectivity index (χ1) is 4.11. The molecule has 0 saturated carbocycles. The van der Waals surface area contributed by atoms with Crippen molar-refractivity contribution in [3.63, 3.8) is 0 Å². The molecule has 0 aliphatic carbocycles. The molecular formula is C4H8BF3N-. The van der Waals surface area contributed by atoms with Gasteiger partial charge in [0.05, 0.1) is 0 Å². The summed E-state index contributed by atoms with van der Waals surface area (Å²) < 4.78 is 35.3. The molecule has 0 radical (unpaired) electrons. The van der Waals surface area contributed by atoms with Crippen LogP contribution < -0.4 is 5.32 Å². The summed E-state index contributed by atoms with van der Waals surface area (Å²) in [5, 5.41) is 2.67. The Hall–Kier alpha value is -0.185. The number of halogens is 3. The van der Waals surface area contributed by atoms with Gasteiger partial charge in [-0.05, 0) is 13.1 Å². The second-order valence-electron chi connectivity index (χ2n) is 2.38. The lowest BCUT2D eigenvalue weighted by Crippen LogP contribution is -2.25. The number of rotatable bonds is 1. The van der Waals surface area contributed by atoms with Crippen LogP contribution in [-0.4, -0.2) is 20.1 Å². The van der Waals surface area contributed by atoms with Gasteiger partial charge in [-0.2, -0.15) is 0 Å². The predicted molar refractivity (Wildman–Crippen MR) is 30.3 cm³/mol. The maximum Gasteiger partial charge on any atom is 0.482 e. The minimum Gasteiger partial charge on any atom is -0.449 e. The van der Waals surface area contributed by atoms with Crippen LogP contribution in [-0.2, 0) is 0 Å². The third-order valence-corrected chi connectivity index (χ3v) is 1.63. The van der Waals surface area contributed by atoms with Gasteiger partial charge in [0, 0.05) is 0 Å². The van der Waals surface area contributed by atoms with Crippen molar-refractivity contribution in [3.05, 3.63) is 0 Å². The maximum absolute atomic E-state index is 11.8. The molecule has 1 nitrogen and oxygen atoms in total. The van der Waals surface area contributed by atoms with Crippen LogP contribution in [0.15, 0.2) is 0 Å². The highest BCUT2D eigenvalue weighted by Gasteiger charge is 2.35. The van der Waals surface area contributed by atoms with Crippen molar-refractivity contribution in [2.75, 3.05) is 13.1 Å². The van der Waals surface area contributed by atoms with E-state index < -0.39 is 12.8 Å². The van der Waals surface area contributed by atoms with Crippen LogP contribution in [0.4, 0.5) is 12.9 Å². The molecule has 1 saturated heterocycles. The van der Waals surface area contributed by atoms with E-state index in [0.717, 1.165) is 0 Å². The van der Waals surface area contributed by atoms with Crippen molar-refractivity contribution in [2.24, 2.45) is 0 Å². The van der Waals surface area contributed by atoms with E-state index in [0.29, 0.717) is 6.54 Å². The molecular weight excluding hydrogens is 130 g/mol. The molecule has 0 aromatic rings. The molecule has 1 N–H and O–H groups in total. The summed E-state index contributed by atoms with van der Waals surface area (Å²) in [6.45, 7) is -3.92. The highest BCUT2D eigenvalue weighted by Crippen LogP contribution is 2.30. The van der Waals surface area contributed by atoms with Gasteiger partial charge in [-0.25, -0.2) is 0 Å². The molecule has 1 heterocycles. The van der Waals surface area contributed by atoms with Crippen LogP contribution in [0.1, 0.15) is 6.42 Å². The van der Waals surface area contributed by atoms with Gasteiger partial charge in [0.25, 0.3) is 0 Å². The number of hydrogen-bond donors (Lipinski definition) is 1. The molecule has 1 fully saturated rings. The summed E-state index contributed by atoms with van der Waals surface area (Å²) in [5.41, 5.74) is 0. The van der Waals surface area contributed by atoms with Crippen molar-refractivity contribution in [2.45, 2.75) is 12.2 Å². The highest BCUT2D eigenvalue weighted by molar-refractivity contribution is 6.60. The standard InChI is InChI=1S/C4H8BF3N/c6-5(7,8)4-1-2-9-3-4/h4,9H,1-3H2/q-1. The summed E-state index contributed by atoms with van der Waals surface area (Å²) in [7, 11) is 0. The molecule has 0 bridgehead atoms. The lowest BCUT2D eigenvalue weighted by Gasteiger charge is -2.20. The topological polar surface area (TPSA) is 12.0 Å². The van der Waals surface area contributed by atoms with Gasteiger partial charge in [0.2, 0.25) is 0 Å². The number of nitrogens with one attached hydrogen (secondary N) is 1. The van der Waals surface area contributed by atoms with Crippen LogP contribution in [0.2, 0.25) is 5.82 Å². The fourth-order valence-corrected chi connectivity index (χ4v) is 1.000. The fourth-order valence-electron chi connectivity index (χ4n) is 1.000. The van der Waals surface area contributed by atoms with Crippen molar-refractivity contribution in [3.8, 4) is 0 Å². The summed E-state index contributed by atoms with van der Waals surface area (Å²) in [5.74, 6) is -1.04. The Kier molecular flexibility index (Phi) is 1.70. The van der Waals surface area contributed by atoms with Crippen LogP contribution >= 0.6 is 0 Å². The average Bonchev–Trinajstić information content (AvgIpc) is 2.08. The van der Waals surface area contributed by atoms with Crippen LogP contribution in [0, 0.1) is 0 Å². The van der Waals surface area contributed by atoms with E-state index in [4.69, 9.17) is 0 Å². The lowest BCUT2D eigenvalue weighted by atomic mass is 9.72. The van der Waals surface area contributed by atoms with E-state index in [1.165, 1.54) is 0 Å². The van der Waals surface area contributed by atoms with Crippen LogP contribution in [0.5, 0.6) is 0 Å². The van der Waals surface area contributed by atoms with Crippen LogP contribution in [0.25, 0.3) is 0 Å². The normalized spacial score (nSPS) is 29.0. The minimum absolute atomic E-state index is 0.128. The van der Waals surface area contributed by atoms with Crippen molar-refractivity contribution < 1.29 is 12.9 Å². The fraction of sp³-hybridized carbons (Fsp3) is 1.00. The molecule has 1 unspecified atom stereocenters. The molecule has 0 aromatic heterocycles. The average molecular weight is 138 g/mol. The van der Waals surface area contributed by atoms with Crippen molar-refractivity contribution >= 4 is 6.98 Å². The van der Waals surface area contributed by atoms with E-state index in [1.807, 2.05) is 0 Å². The largest absolute Gasteiger partial charge is 0.482 e. The van der Waals surface area contributed by atoms with Gasteiger partial charge < -0.3 is 18.3 Å². The summed E-state index contributed by atoms with van der Waals surface area (Å²) in [6.07, 6.45) is 0.267. The molecule has 9 heavy (non-hydrogen) atoms. The zero-order valence-corrected chi connectivity index (χ0v) is 4.91. The van der Waals surface area contributed by atoms with Gasteiger partial charge >= 0.3 is 6.98 Å². The molecule has 1 aliphatic rings. The smallest absolute Gasteiger partial charge is 0.449 e. The van der Waals surface area contributed by atoms with Crippen molar-refractivity contribution in [1.82, 2.24) is 5.32 Å². The van der Waals surface area contributed by atoms with Gasteiger partial charge in [0.15, 0.2) is 0 Å². The highest BCUT2D eigenvalue weighted by atomic mass is 19.4. The van der Waals surface area contributed by atoms with E-state index in [2.05, 4.69) is 5.32 Å². The third-order valence-electron chi connectivity index (χ3n) is 1.63. The van der Waals surface area contributed by atoms with E-state index in [9.17, 15) is 12.9 Å². The predicted octanol–water partition coefficient (Wildman–Crippen LogP) is 1.20. The molecule has 54 valence electrons. The molecule has 1 atom stereocenters. The summed E-state index contributed by atoms with van der Waals surface area (Å²) in [6, 6.07) is 0. The molecule has 1 rings (SSSR count). The second kappa shape index (κ2) is 2.21. The first-order valence-electron chi connectivity index (χ1n) is 3.01. The summed E-state index contributed by atoms with van der Waals surface area (Å²) >= 11 is 0. The SMILES string of the molecule is F[B-](F)(F)C1CCNC1. The third kappa shape index (κ3) is 1.61. The molecule has 0 amide bonds. The lowest BCUT2D eigenvalue weighted by molar-refractivity contribution is 0.438. The Morgan fingerprint density at radius 1 is 1.33 bits per heavy atom. The zero-order valence-electron chi connectivity index (χ0n) is 4.91. The Bertz CT molecular complexity index is 96.5. The summed E-state index contributed by atoms with van der Waals surface area (Å²) in [4.78, 5) is 0. The van der Waals surface area contributed by atoms with E-state index >= 15 is 0 Å². The Morgan fingerprint density at radius 3 is 2.22 bits per heavy atom. The van der Waals surface area contributed by atoms with Gasteiger partial charge in [-0.3, -0.25) is 0 Å². The Balaban J connectivity index is 2.42. The van der Waals surface area contributed by atoms with Gasteiger partial charge in [-0.1, -0.05) is 12.2 Å². The number of hydrogen-bond acceptors (Lipinski definition) is 1. The first-order valence-corrected chi connectivity index (χ1v) is 3.01. The van der Waals surface area contributed by atoms with E-state index in [-0.39, 0.29) is 13.0 Å². The maximum atomic E-state index is 11.8. The Morgan fingerprint density at radius 2 is 2.00 bits per heavy atom. The first kappa shape index (κ1) is 6.93. The molecule has 0 aromatic carbocycles. The molecule has 0 spiro atoms. The van der Waals surface area contributed by atoms with Gasteiger partial charge in [0.1, 0.15) is 0 Å². The molecule has 1 aliphatic heterocycles. The minimum atomic E-state index is -4.57. The monoisotopic (exact) mass is 138 g/mol. The quantitative estimate of drug-likeness (QED) is 0.536. The van der Waals surface area contributed by atoms with Crippen molar-refractivity contribution in [1.29, 1.82) is 0 Å². The Labute approximate surface area is 51.7 Å².